The molecule has 2 heterocycles. The minimum absolute atomic E-state index is 0.0264. The molecule has 1 aromatic heterocycles. The van der Waals surface area contributed by atoms with Crippen LogP contribution in [0.3, 0.4) is 0 Å². The summed E-state index contributed by atoms with van der Waals surface area (Å²) in [5.74, 6) is -0.200. The van der Waals surface area contributed by atoms with Crippen LogP contribution in [0.1, 0.15) is 10.6 Å². The zero-order valence-corrected chi connectivity index (χ0v) is 18.8. The van der Waals surface area contributed by atoms with Crippen molar-refractivity contribution in [2.45, 2.75) is 4.90 Å². The van der Waals surface area contributed by atoms with E-state index in [1.807, 2.05) is 0 Å². The average molecular weight is 495 g/mol. The number of rotatable bonds is 6. The van der Waals surface area contributed by atoms with Gasteiger partial charge in [-0.3, -0.25) is 9.52 Å². The van der Waals surface area contributed by atoms with E-state index in [4.69, 9.17) is 14.0 Å². The maximum absolute atomic E-state index is 13.4. The Bertz CT molecular complexity index is 1500. The summed E-state index contributed by atoms with van der Waals surface area (Å²) in [6.07, 6.45) is 0. The molecule has 1 aliphatic rings. The quantitative estimate of drug-likeness (QED) is 0.409. The van der Waals surface area contributed by atoms with Crippen molar-refractivity contribution in [3.63, 3.8) is 0 Å². The topological polar surface area (TPSA) is 120 Å². The predicted octanol–water partition coefficient (Wildman–Crippen LogP) is 4.31. The predicted molar refractivity (Wildman–Crippen MR) is 125 cm³/mol. The number of anilines is 2. The molecule has 0 unspecified atom stereocenters. The number of fused-ring (bicyclic) bond motifs is 1. The molecule has 1 aliphatic heterocycles. The van der Waals surface area contributed by atoms with Crippen molar-refractivity contribution in [3.05, 3.63) is 84.4 Å². The van der Waals surface area contributed by atoms with Crippen molar-refractivity contribution in [3.8, 4) is 22.8 Å². The summed E-state index contributed by atoms with van der Waals surface area (Å²) < 4.78 is 57.3. The van der Waals surface area contributed by atoms with Crippen LogP contribution in [-0.4, -0.2) is 32.7 Å². The summed E-state index contributed by atoms with van der Waals surface area (Å²) in [5, 5.41) is 6.44. The smallest absolute Gasteiger partial charge is 0.294 e. The lowest BCUT2D eigenvalue weighted by atomic mass is 10.1. The van der Waals surface area contributed by atoms with E-state index >= 15 is 0 Å². The van der Waals surface area contributed by atoms with E-state index in [0.29, 0.717) is 47.3 Å². The van der Waals surface area contributed by atoms with Crippen molar-refractivity contribution >= 4 is 27.3 Å². The molecule has 0 saturated carbocycles. The number of nitrogens with zero attached hydrogens (tertiary/aromatic N) is 1. The second-order valence-corrected chi connectivity index (χ2v) is 9.21. The number of benzene rings is 3. The Morgan fingerprint density at radius 3 is 2.40 bits per heavy atom. The highest BCUT2D eigenvalue weighted by Crippen LogP contribution is 2.33. The molecule has 0 radical (unpaired) electrons. The van der Waals surface area contributed by atoms with Gasteiger partial charge in [0.2, 0.25) is 5.76 Å². The summed E-state index contributed by atoms with van der Waals surface area (Å²) >= 11 is 0. The standard InChI is InChI=1S/C24H18FN3O6S/c25-16-3-1-2-15(12-16)20-14-23(34-27-20)24(29)26-17-4-6-18(7-5-17)28-35(30,31)19-8-9-21-22(13-19)33-11-10-32-21/h1-9,12-14,28H,10-11H2,(H,26,29). The first-order valence-electron chi connectivity index (χ1n) is 10.4. The molecule has 0 saturated heterocycles. The van der Waals surface area contributed by atoms with Crippen molar-refractivity contribution in [1.82, 2.24) is 5.16 Å². The summed E-state index contributed by atoms with van der Waals surface area (Å²) in [5.41, 5.74) is 1.49. The van der Waals surface area contributed by atoms with Gasteiger partial charge in [-0.1, -0.05) is 17.3 Å². The molecule has 1 amide bonds. The van der Waals surface area contributed by atoms with Crippen LogP contribution >= 0.6 is 0 Å². The molecule has 0 atom stereocenters. The van der Waals surface area contributed by atoms with Gasteiger partial charge in [0.15, 0.2) is 11.5 Å². The van der Waals surface area contributed by atoms with Gasteiger partial charge in [0.1, 0.15) is 24.7 Å². The zero-order valence-electron chi connectivity index (χ0n) is 18.0. The number of carbonyl (C=O) groups excluding carboxylic acids is 1. The molecule has 0 bridgehead atoms. The first-order chi connectivity index (χ1) is 16.9. The molecular weight excluding hydrogens is 477 g/mol. The minimum atomic E-state index is -3.88. The van der Waals surface area contributed by atoms with Crippen molar-refractivity contribution in [1.29, 1.82) is 0 Å². The Morgan fingerprint density at radius 1 is 0.886 bits per heavy atom. The van der Waals surface area contributed by atoms with Crippen LogP contribution in [0, 0.1) is 5.82 Å². The third-order valence-electron chi connectivity index (χ3n) is 5.07. The van der Waals surface area contributed by atoms with E-state index in [-0.39, 0.29) is 10.7 Å². The maximum Gasteiger partial charge on any atom is 0.294 e. The van der Waals surface area contributed by atoms with Crippen LogP contribution in [0.15, 0.2) is 82.2 Å². The summed E-state index contributed by atoms with van der Waals surface area (Å²) in [6.45, 7) is 0.752. The number of hydrogen-bond donors (Lipinski definition) is 2. The number of halogens is 1. The second-order valence-electron chi connectivity index (χ2n) is 7.53. The number of amides is 1. The molecule has 5 rings (SSSR count). The van der Waals surface area contributed by atoms with E-state index in [2.05, 4.69) is 15.2 Å². The van der Waals surface area contributed by atoms with Crippen LogP contribution in [0.5, 0.6) is 11.5 Å². The van der Waals surface area contributed by atoms with E-state index < -0.39 is 21.7 Å². The van der Waals surface area contributed by atoms with E-state index in [1.165, 1.54) is 60.7 Å². The number of sulfonamides is 1. The molecule has 11 heteroatoms. The molecule has 178 valence electrons. The average Bonchev–Trinajstić information content (AvgIpc) is 3.35. The highest BCUT2D eigenvalue weighted by Gasteiger charge is 2.20. The number of aromatic nitrogens is 1. The second kappa shape index (κ2) is 9.11. The monoisotopic (exact) mass is 495 g/mol. The third-order valence-corrected chi connectivity index (χ3v) is 6.45. The van der Waals surface area contributed by atoms with Gasteiger partial charge in [-0.15, -0.1) is 0 Å². The molecule has 0 spiro atoms. The van der Waals surface area contributed by atoms with Crippen LogP contribution in [0.4, 0.5) is 15.8 Å². The Hall–Kier alpha value is -4.38. The molecule has 3 aromatic carbocycles. The highest BCUT2D eigenvalue weighted by molar-refractivity contribution is 7.92. The maximum atomic E-state index is 13.4. The summed E-state index contributed by atoms with van der Waals surface area (Å²) in [6, 6.07) is 17.6. The fourth-order valence-corrected chi connectivity index (χ4v) is 4.46. The Labute approximate surface area is 199 Å². The van der Waals surface area contributed by atoms with E-state index in [9.17, 15) is 17.6 Å². The third kappa shape index (κ3) is 4.94. The first kappa shape index (κ1) is 22.4. The van der Waals surface area contributed by atoms with Crippen LogP contribution in [-0.2, 0) is 10.0 Å². The van der Waals surface area contributed by atoms with Gasteiger partial charge in [-0.25, -0.2) is 12.8 Å². The Morgan fingerprint density at radius 2 is 1.63 bits per heavy atom. The number of ether oxygens (including phenoxy) is 2. The van der Waals surface area contributed by atoms with Gasteiger partial charge < -0.3 is 19.3 Å². The van der Waals surface area contributed by atoms with Crippen LogP contribution in [0.2, 0.25) is 0 Å². The van der Waals surface area contributed by atoms with E-state index in [0.717, 1.165) is 0 Å². The van der Waals surface area contributed by atoms with Gasteiger partial charge in [0.05, 0.1) is 4.90 Å². The van der Waals surface area contributed by atoms with Gasteiger partial charge in [0, 0.05) is 29.1 Å². The first-order valence-corrected chi connectivity index (χ1v) is 11.9. The number of hydrogen-bond acceptors (Lipinski definition) is 7. The largest absolute Gasteiger partial charge is 0.486 e. The van der Waals surface area contributed by atoms with Crippen LogP contribution < -0.4 is 19.5 Å². The molecule has 35 heavy (non-hydrogen) atoms. The molecule has 2 N–H and O–H groups in total. The fraction of sp³-hybridized carbons (Fsp3) is 0.0833. The minimum Gasteiger partial charge on any atom is -0.486 e. The fourth-order valence-electron chi connectivity index (χ4n) is 3.39. The van der Waals surface area contributed by atoms with Gasteiger partial charge in [0.25, 0.3) is 15.9 Å². The van der Waals surface area contributed by atoms with Gasteiger partial charge >= 0.3 is 0 Å². The zero-order chi connectivity index (χ0) is 24.4. The summed E-state index contributed by atoms with van der Waals surface area (Å²) in [7, 11) is -3.88. The van der Waals surface area contributed by atoms with E-state index in [1.54, 1.807) is 12.1 Å². The Balaban J connectivity index is 1.25. The molecule has 0 aliphatic carbocycles. The van der Waals surface area contributed by atoms with Gasteiger partial charge in [-0.05, 0) is 48.5 Å². The lowest BCUT2D eigenvalue weighted by molar-refractivity contribution is 0.0988. The molecule has 9 nitrogen and oxygen atoms in total. The highest BCUT2D eigenvalue weighted by atomic mass is 32.2. The normalized spacial score (nSPS) is 12.7. The Kier molecular flexibility index (Phi) is 5.83. The molecular formula is C24H18FN3O6S. The van der Waals surface area contributed by atoms with Crippen LogP contribution in [0.25, 0.3) is 11.3 Å². The molecule has 0 fully saturated rings. The lowest BCUT2D eigenvalue weighted by Gasteiger charge is -2.19. The van der Waals surface area contributed by atoms with Crippen molar-refractivity contribution in [2.24, 2.45) is 0 Å². The number of carbonyl (C=O) groups is 1. The van der Waals surface area contributed by atoms with Gasteiger partial charge in [-0.2, -0.15) is 0 Å². The SMILES string of the molecule is O=C(Nc1ccc(NS(=O)(=O)c2ccc3c(c2)OCCO3)cc1)c1cc(-c2cccc(F)c2)no1. The van der Waals surface area contributed by atoms with Crippen molar-refractivity contribution in [2.75, 3.05) is 23.3 Å². The molecule has 4 aromatic rings. The summed E-state index contributed by atoms with van der Waals surface area (Å²) in [4.78, 5) is 12.5. The number of nitrogens with one attached hydrogen (secondary N) is 2. The van der Waals surface area contributed by atoms with Crippen molar-refractivity contribution < 1.29 is 31.6 Å². The lowest BCUT2D eigenvalue weighted by Crippen LogP contribution is -2.17.